The number of carbonyl (C=O) groups is 1. The second-order valence-corrected chi connectivity index (χ2v) is 6.25. The molecule has 0 heterocycles. The molecule has 23 heavy (non-hydrogen) atoms. The first kappa shape index (κ1) is 17.4. The van der Waals surface area contributed by atoms with Gasteiger partial charge in [0.15, 0.2) is 0 Å². The summed E-state index contributed by atoms with van der Waals surface area (Å²) in [6.45, 7) is 5.96. The van der Waals surface area contributed by atoms with Crippen molar-refractivity contribution < 1.29 is 9.53 Å². The average molecular weight is 332 g/mol. The highest BCUT2D eigenvalue weighted by molar-refractivity contribution is 6.30. The zero-order chi connectivity index (χ0) is 17.1. The smallest absolute Gasteiger partial charge is 0.231 e. The summed E-state index contributed by atoms with van der Waals surface area (Å²) in [5, 5.41) is 0.686. The molecule has 1 amide bonds. The number of amides is 1. The van der Waals surface area contributed by atoms with Crippen molar-refractivity contribution in [1.82, 2.24) is 0 Å². The third kappa shape index (κ3) is 3.85. The molecule has 2 aromatic carbocycles. The topological polar surface area (TPSA) is 29.5 Å². The summed E-state index contributed by atoms with van der Waals surface area (Å²) in [7, 11) is 3.44. The lowest BCUT2D eigenvalue weighted by molar-refractivity contribution is -0.117. The third-order valence-electron chi connectivity index (χ3n) is 4.10. The van der Waals surface area contributed by atoms with Crippen LogP contribution in [0.15, 0.2) is 30.3 Å². The van der Waals surface area contributed by atoms with E-state index in [0.717, 1.165) is 33.7 Å². The molecule has 0 saturated carbocycles. The van der Waals surface area contributed by atoms with Crippen LogP contribution in [0.5, 0.6) is 5.75 Å². The molecule has 0 aliphatic rings. The van der Waals surface area contributed by atoms with Gasteiger partial charge in [0.1, 0.15) is 5.75 Å². The van der Waals surface area contributed by atoms with Crippen molar-refractivity contribution in [3.05, 3.63) is 57.6 Å². The van der Waals surface area contributed by atoms with E-state index >= 15 is 0 Å². The van der Waals surface area contributed by atoms with E-state index in [-0.39, 0.29) is 5.91 Å². The Balaban J connectivity index is 2.26. The van der Waals surface area contributed by atoms with Crippen molar-refractivity contribution in [2.45, 2.75) is 27.2 Å². The van der Waals surface area contributed by atoms with Gasteiger partial charge in [-0.3, -0.25) is 4.79 Å². The Kier molecular flexibility index (Phi) is 5.32. The van der Waals surface area contributed by atoms with Crippen LogP contribution in [0.1, 0.15) is 22.3 Å². The molecule has 0 N–H and O–H groups in total. The minimum absolute atomic E-state index is 0.0319. The van der Waals surface area contributed by atoms with E-state index in [4.69, 9.17) is 16.3 Å². The minimum Gasteiger partial charge on any atom is -0.496 e. The number of halogens is 1. The van der Waals surface area contributed by atoms with Crippen molar-refractivity contribution in [2.75, 3.05) is 19.1 Å². The molecular formula is C19H22ClNO2. The summed E-state index contributed by atoms with van der Waals surface area (Å²) in [6, 6.07) is 9.55. The van der Waals surface area contributed by atoms with Crippen molar-refractivity contribution >= 4 is 23.2 Å². The zero-order valence-corrected chi connectivity index (χ0v) is 15.0. The molecule has 0 aromatic heterocycles. The molecule has 0 radical (unpaired) electrons. The van der Waals surface area contributed by atoms with E-state index in [1.54, 1.807) is 19.1 Å². The summed E-state index contributed by atoms with van der Waals surface area (Å²) < 4.78 is 5.37. The lowest BCUT2D eigenvalue weighted by Crippen LogP contribution is -2.28. The Labute approximate surface area is 142 Å². The molecular weight excluding hydrogens is 310 g/mol. The fourth-order valence-electron chi connectivity index (χ4n) is 2.68. The zero-order valence-electron chi connectivity index (χ0n) is 14.2. The predicted molar refractivity (Wildman–Crippen MR) is 95.8 cm³/mol. The molecule has 0 aliphatic carbocycles. The van der Waals surface area contributed by atoms with Gasteiger partial charge in [-0.15, -0.1) is 0 Å². The Hall–Kier alpha value is -2.00. The summed E-state index contributed by atoms with van der Waals surface area (Å²) in [4.78, 5) is 14.3. The number of aryl methyl sites for hydroxylation is 3. The van der Waals surface area contributed by atoms with E-state index < -0.39 is 0 Å². The Morgan fingerprint density at radius 2 is 1.78 bits per heavy atom. The van der Waals surface area contributed by atoms with Crippen LogP contribution < -0.4 is 9.64 Å². The van der Waals surface area contributed by atoms with Gasteiger partial charge >= 0.3 is 0 Å². The second-order valence-electron chi connectivity index (χ2n) is 5.81. The fourth-order valence-corrected chi connectivity index (χ4v) is 2.90. The van der Waals surface area contributed by atoms with Gasteiger partial charge in [0.05, 0.1) is 13.5 Å². The largest absolute Gasteiger partial charge is 0.496 e. The fraction of sp³-hybridized carbons (Fsp3) is 0.316. The van der Waals surface area contributed by atoms with Crippen molar-refractivity contribution in [2.24, 2.45) is 0 Å². The number of ether oxygens (including phenoxy) is 1. The highest BCUT2D eigenvalue weighted by Gasteiger charge is 2.16. The highest BCUT2D eigenvalue weighted by Crippen LogP contribution is 2.29. The maximum Gasteiger partial charge on any atom is 0.231 e. The van der Waals surface area contributed by atoms with Gasteiger partial charge in [-0.2, -0.15) is 0 Å². The first-order valence-electron chi connectivity index (χ1n) is 7.50. The Bertz CT molecular complexity index is 740. The van der Waals surface area contributed by atoms with Crippen LogP contribution in [0.25, 0.3) is 0 Å². The number of benzene rings is 2. The third-order valence-corrected chi connectivity index (χ3v) is 4.33. The molecule has 0 spiro atoms. The lowest BCUT2D eigenvalue weighted by atomic mass is 10.0. The number of carbonyl (C=O) groups excluding carboxylic acids is 1. The first-order valence-corrected chi connectivity index (χ1v) is 7.88. The van der Waals surface area contributed by atoms with Gasteiger partial charge in [-0.1, -0.05) is 23.7 Å². The molecule has 2 rings (SSSR count). The van der Waals surface area contributed by atoms with Crippen molar-refractivity contribution in [1.29, 1.82) is 0 Å². The van der Waals surface area contributed by atoms with Gasteiger partial charge in [0.2, 0.25) is 5.91 Å². The molecule has 0 aliphatic heterocycles. The van der Waals surface area contributed by atoms with Gasteiger partial charge < -0.3 is 9.64 Å². The van der Waals surface area contributed by atoms with Crippen molar-refractivity contribution in [3.63, 3.8) is 0 Å². The van der Waals surface area contributed by atoms with E-state index in [1.807, 2.05) is 51.1 Å². The number of rotatable bonds is 4. The first-order chi connectivity index (χ1) is 10.8. The minimum atomic E-state index is 0.0319. The average Bonchev–Trinajstić information content (AvgIpc) is 2.49. The van der Waals surface area contributed by atoms with Gasteiger partial charge in [-0.05, 0) is 55.2 Å². The monoisotopic (exact) mass is 331 g/mol. The number of likely N-dealkylation sites (N-methyl/N-ethyl adjacent to an activating group) is 1. The molecule has 0 fully saturated rings. The number of anilines is 1. The predicted octanol–water partition coefficient (Wildman–Crippen LogP) is 4.48. The maximum absolute atomic E-state index is 12.6. The van der Waals surface area contributed by atoms with Crippen LogP contribution in [0.2, 0.25) is 5.02 Å². The molecule has 4 heteroatoms. The molecule has 2 aromatic rings. The quantitative estimate of drug-likeness (QED) is 0.826. The van der Waals surface area contributed by atoms with Gasteiger partial charge in [0, 0.05) is 23.8 Å². The summed E-state index contributed by atoms with van der Waals surface area (Å²) in [6.07, 6.45) is 0.342. The molecule has 0 unspecified atom stereocenters. The summed E-state index contributed by atoms with van der Waals surface area (Å²) >= 11 is 5.97. The standard InChI is InChI=1S/C19H22ClNO2/c1-12-9-16(20)7-6-15(12)10-19(22)21(4)17-11-18(23-5)14(3)8-13(17)2/h6-9,11H,10H2,1-5H3. The normalized spacial score (nSPS) is 10.5. The highest BCUT2D eigenvalue weighted by atomic mass is 35.5. The number of methoxy groups -OCH3 is 1. The Morgan fingerprint density at radius 1 is 1.09 bits per heavy atom. The second kappa shape index (κ2) is 7.05. The molecule has 0 bridgehead atoms. The van der Waals surface area contributed by atoms with E-state index in [2.05, 4.69) is 0 Å². The molecule has 0 saturated heterocycles. The van der Waals surface area contributed by atoms with Gasteiger partial charge in [-0.25, -0.2) is 0 Å². The number of hydrogen-bond donors (Lipinski definition) is 0. The van der Waals surface area contributed by atoms with Crippen LogP contribution in [-0.2, 0) is 11.2 Å². The molecule has 0 atom stereocenters. The van der Waals surface area contributed by atoms with E-state index in [1.165, 1.54) is 0 Å². The van der Waals surface area contributed by atoms with Crippen LogP contribution in [0.3, 0.4) is 0 Å². The SMILES string of the molecule is COc1cc(N(C)C(=O)Cc2ccc(Cl)cc2C)c(C)cc1C. The van der Waals surface area contributed by atoms with Crippen LogP contribution >= 0.6 is 11.6 Å². The Morgan fingerprint density at radius 3 is 2.39 bits per heavy atom. The van der Waals surface area contributed by atoms with E-state index in [9.17, 15) is 4.79 Å². The van der Waals surface area contributed by atoms with Crippen LogP contribution in [0.4, 0.5) is 5.69 Å². The van der Waals surface area contributed by atoms with Gasteiger partial charge in [0.25, 0.3) is 0 Å². The summed E-state index contributed by atoms with van der Waals surface area (Å²) in [5.74, 6) is 0.817. The molecule has 122 valence electrons. The van der Waals surface area contributed by atoms with E-state index in [0.29, 0.717) is 11.4 Å². The van der Waals surface area contributed by atoms with Crippen LogP contribution in [-0.4, -0.2) is 20.1 Å². The van der Waals surface area contributed by atoms with Crippen LogP contribution in [0, 0.1) is 20.8 Å². The lowest BCUT2D eigenvalue weighted by Gasteiger charge is -2.22. The molecule has 3 nitrogen and oxygen atoms in total. The summed E-state index contributed by atoms with van der Waals surface area (Å²) in [5.41, 5.74) is 4.99. The number of nitrogens with zero attached hydrogens (tertiary/aromatic N) is 1. The number of hydrogen-bond acceptors (Lipinski definition) is 2. The van der Waals surface area contributed by atoms with Crippen molar-refractivity contribution in [3.8, 4) is 5.75 Å². The maximum atomic E-state index is 12.6.